The van der Waals surface area contributed by atoms with Gasteiger partial charge < -0.3 is 9.66 Å². The number of hydrogen-bond donors (Lipinski definition) is 1. The molecule has 0 amide bonds. The maximum atomic E-state index is 11.0. The van der Waals surface area contributed by atoms with E-state index in [-0.39, 0.29) is 57.8 Å². The molecule has 146 valence electrons. The fourth-order valence-electron chi connectivity index (χ4n) is 3.23. The standard InChI is InChI=1S/C19H40O4S.K/c1-3-5-6-7-8-9-10-11-12-13-14-15-16-17-18(20)19(4-2)24(21,22)23;/h18-20H,3-17H2,1-2H3,(H,21,22,23);/q;+1/p-1. The molecule has 0 aliphatic heterocycles. The van der Waals surface area contributed by atoms with Gasteiger partial charge >= 0.3 is 51.4 Å². The Labute approximate surface area is 199 Å². The molecular formula is C19H39KO4S. The van der Waals surface area contributed by atoms with Gasteiger partial charge in [0.1, 0.15) is 10.1 Å². The summed E-state index contributed by atoms with van der Waals surface area (Å²) in [6.45, 7) is 3.88. The van der Waals surface area contributed by atoms with Gasteiger partial charge in [-0.15, -0.1) is 0 Å². The molecule has 6 heteroatoms. The molecule has 2 atom stereocenters. The third kappa shape index (κ3) is 17.3. The quantitative estimate of drug-likeness (QED) is 0.230. The van der Waals surface area contributed by atoms with Gasteiger partial charge in [0, 0.05) is 0 Å². The van der Waals surface area contributed by atoms with Crippen LogP contribution in [0.1, 0.15) is 110 Å². The first-order chi connectivity index (χ1) is 11.4. The molecule has 25 heavy (non-hydrogen) atoms. The average Bonchev–Trinajstić information content (AvgIpc) is 2.51. The molecule has 0 saturated carbocycles. The molecule has 1 N–H and O–H groups in total. The Hall–Kier alpha value is 1.51. The van der Waals surface area contributed by atoms with Gasteiger partial charge in [0.05, 0.1) is 11.4 Å². The van der Waals surface area contributed by atoms with Crippen LogP contribution in [0.25, 0.3) is 0 Å². The SMILES string of the molecule is CCCCCCCCCCCCCCCC(O)C(CC)S(=O)(=O)[O-].[K+]. The molecule has 4 nitrogen and oxygen atoms in total. The molecule has 0 aromatic carbocycles. The Morgan fingerprint density at radius 3 is 1.44 bits per heavy atom. The summed E-state index contributed by atoms with van der Waals surface area (Å²) in [6.07, 6.45) is 15.8. The minimum absolute atomic E-state index is 0. The van der Waals surface area contributed by atoms with Crippen molar-refractivity contribution in [3.8, 4) is 0 Å². The van der Waals surface area contributed by atoms with E-state index >= 15 is 0 Å². The summed E-state index contributed by atoms with van der Waals surface area (Å²) in [7, 11) is -4.38. The molecule has 0 fully saturated rings. The third-order valence-electron chi connectivity index (χ3n) is 4.81. The Kier molecular flexibility index (Phi) is 21.7. The minimum Gasteiger partial charge on any atom is -0.748 e. The van der Waals surface area contributed by atoms with Gasteiger partial charge in [0.2, 0.25) is 0 Å². The van der Waals surface area contributed by atoms with Gasteiger partial charge in [-0.1, -0.05) is 97.3 Å². The number of hydrogen-bond acceptors (Lipinski definition) is 4. The number of aliphatic hydroxyl groups is 1. The van der Waals surface area contributed by atoms with Gasteiger partial charge in [-0.05, 0) is 12.8 Å². The molecule has 0 aliphatic carbocycles. The van der Waals surface area contributed by atoms with Crippen molar-refractivity contribution >= 4 is 10.1 Å². The van der Waals surface area contributed by atoms with Crippen molar-refractivity contribution in [2.24, 2.45) is 0 Å². The second kappa shape index (κ2) is 18.9. The fourth-order valence-corrected chi connectivity index (χ4v) is 4.15. The molecule has 0 radical (unpaired) electrons. The zero-order chi connectivity index (χ0) is 18.3. The molecule has 2 unspecified atom stereocenters. The van der Waals surface area contributed by atoms with Crippen molar-refractivity contribution in [1.82, 2.24) is 0 Å². The molecule has 0 aromatic rings. The van der Waals surface area contributed by atoms with E-state index in [1.807, 2.05) is 0 Å². The van der Waals surface area contributed by atoms with E-state index in [9.17, 15) is 18.1 Å². The van der Waals surface area contributed by atoms with Crippen LogP contribution in [0.5, 0.6) is 0 Å². The first-order valence-electron chi connectivity index (χ1n) is 10.1. The summed E-state index contributed by atoms with van der Waals surface area (Å²) in [4.78, 5) is 0. The molecule has 0 rings (SSSR count). The molecule has 0 aliphatic rings. The first-order valence-corrected chi connectivity index (χ1v) is 11.5. The van der Waals surface area contributed by atoms with E-state index in [1.54, 1.807) is 6.92 Å². The van der Waals surface area contributed by atoms with Crippen molar-refractivity contribution in [2.45, 2.75) is 122 Å². The Morgan fingerprint density at radius 1 is 0.760 bits per heavy atom. The first kappa shape index (κ1) is 28.7. The monoisotopic (exact) mass is 402 g/mol. The van der Waals surface area contributed by atoms with Crippen LogP contribution >= 0.6 is 0 Å². The van der Waals surface area contributed by atoms with Crippen LogP contribution in [-0.4, -0.2) is 29.4 Å². The molecule has 0 aromatic heterocycles. The summed E-state index contributed by atoms with van der Waals surface area (Å²) >= 11 is 0. The van der Waals surface area contributed by atoms with Gasteiger partial charge in [0.15, 0.2) is 0 Å². The smallest absolute Gasteiger partial charge is 0.748 e. The van der Waals surface area contributed by atoms with Gasteiger partial charge in [-0.25, -0.2) is 8.42 Å². The Balaban J connectivity index is 0. The summed E-state index contributed by atoms with van der Waals surface area (Å²) < 4.78 is 33.1. The van der Waals surface area contributed by atoms with E-state index in [4.69, 9.17) is 0 Å². The maximum Gasteiger partial charge on any atom is 1.00 e. The van der Waals surface area contributed by atoms with Crippen LogP contribution in [0, 0.1) is 0 Å². The van der Waals surface area contributed by atoms with Gasteiger partial charge in [-0.3, -0.25) is 0 Å². The largest absolute Gasteiger partial charge is 1.00 e. The topological polar surface area (TPSA) is 77.4 Å². The summed E-state index contributed by atoms with van der Waals surface area (Å²) in [6, 6.07) is 0. The molecule has 0 spiro atoms. The van der Waals surface area contributed by atoms with E-state index < -0.39 is 21.5 Å². The predicted octanol–water partition coefficient (Wildman–Crippen LogP) is 2.16. The van der Waals surface area contributed by atoms with Crippen LogP contribution in [0.3, 0.4) is 0 Å². The fraction of sp³-hybridized carbons (Fsp3) is 1.00. The maximum absolute atomic E-state index is 11.0. The third-order valence-corrected chi connectivity index (χ3v) is 6.19. The second-order valence-electron chi connectivity index (χ2n) is 7.04. The molecule has 0 bridgehead atoms. The minimum atomic E-state index is -4.38. The zero-order valence-electron chi connectivity index (χ0n) is 16.8. The Morgan fingerprint density at radius 2 is 1.12 bits per heavy atom. The van der Waals surface area contributed by atoms with Crippen LogP contribution < -0.4 is 51.4 Å². The van der Waals surface area contributed by atoms with Gasteiger partial charge in [-0.2, -0.15) is 0 Å². The van der Waals surface area contributed by atoms with Crippen LogP contribution in [0.15, 0.2) is 0 Å². The zero-order valence-corrected chi connectivity index (χ0v) is 20.8. The van der Waals surface area contributed by atoms with Gasteiger partial charge in [0.25, 0.3) is 0 Å². The van der Waals surface area contributed by atoms with E-state index in [0.717, 1.165) is 19.3 Å². The predicted molar refractivity (Wildman–Crippen MR) is 100 cm³/mol. The average molecular weight is 403 g/mol. The van der Waals surface area contributed by atoms with Crippen molar-refractivity contribution in [3.05, 3.63) is 0 Å². The van der Waals surface area contributed by atoms with Crippen molar-refractivity contribution in [2.75, 3.05) is 0 Å². The van der Waals surface area contributed by atoms with E-state index in [2.05, 4.69) is 6.92 Å². The van der Waals surface area contributed by atoms with Crippen LogP contribution in [0.2, 0.25) is 0 Å². The van der Waals surface area contributed by atoms with Crippen molar-refractivity contribution < 1.29 is 69.5 Å². The number of rotatable bonds is 17. The molecule has 0 saturated heterocycles. The van der Waals surface area contributed by atoms with Crippen LogP contribution in [0.4, 0.5) is 0 Å². The molecule has 0 heterocycles. The normalized spacial score (nSPS) is 14.1. The van der Waals surface area contributed by atoms with Crippen molar-refractivity contribution in [1.29, 1.82) is 0 Å². The number of aliphatic hydroxyl groups excluding tert-OH is 1. The summed E-state index contributed by atoms with van der Waals surface area (Å²) in [5.74, 6) is 0. The summed E-state index contributed by atoms with van der Waals surface area (Å²) in [5, 5.41) is 8.70. The van der Waals surface area contributed by atoms with E-state index in [0.29, 0.717) is 6.42 Å². The Bertz CT molecular complexity index is 374. The second-order valence-corrected chi connectivity index (χ2v) is 8.63. The van der Waals surface area contributed by atoms with Crippen molar-refractivity contribution in [3.63, 3.8) is 0 Å². The number of unbranched alkanes of at least 4 members (excludes halogenated alkanes) is 12. The van der Waals surface area contributed by atoms with E-state index in [1.165, 1.54) is 64.2 Å². The summed E-state index contributed by atoms with van der Waals surface area (Å²) in [5.41, 5.74) is 0. The molecular weight excluding hydrogens is 363 g/mol. The van der Waals surface area contributed by atoms with Crippen LogP contribution in [-0.2, 0) is 10.1 Å².